The van der Waals surface area contributed by atoms with Gasteiger partial charge in [-0.25, -0.2) is 9.37 Å². The van der Waals surface area contributed by atoms with E-state index in [4.69, 9.17) is 4.74 Å². The number of aryl methyl sites for hydroxylation is 2. The zero-order valence-electron chi connectivity index (χ0n) is 24.3. The molecule has 0 spiro atoms. The van der Waals surface area contributed by atoms with E-state index < -0.39 is 5.97 Å². The average molecular weight is 595 g/mol. The van der Waals surface area contributed by atoms with Gasteiger partial charge in [-0.15, -0.1) is 0 Å². The summed E-state index contributed by atoms with van der Waals surface area (Å²) in [6.07, 6.45) is 8.22. The van der Waals surface area contributed by atoms with Crippen molar-refractivity contribution in [1.29, 1.82) is 0 Å². The van der Waals surface area contributed by atoms with E-state index in [9.17, 15) is 14.7 Å². The Morgan fingerprint density at radius 3 is 2.49 bits per heavy atom. The topological polar surface area (TPSA) is 81.9 Å². The van der Waals surface area contributed by atoms with Crippen LogP contribution in [-0.2, 0) is 25.7 Å². The largest absolute Gasteiger partial charge is 0.478 e. The summed E-state index contributed by atoms with van der Waals surface area (Å²) in [6.45, 7) is 4.68. The first-order valence-electron chi connectivity index (χ1n) is 15.7. The molecule has 5 aliphatic rings. The summed E-state index contributed by atoms with van der Waals surface area (Å²) in [6, 6.07) is 9.51. The molecule has 0 bridgehead atoms. The predicted molar refractivity (Wildman–Crippen MR) is 170 cm³/mol. The smallest absolute Gasteiger partial charge is 0.336 e. The molecule has 0 fully saturated rings. The lowest BCUT2D eigenvalue weighted by Gasteiger charge is -2.39. The van der Waals surface area contributed by atoms with E-state index >= 15 is 0 Å². The Kier molecular flexibility index (Phi) is 6.51. The molecule has 0 atom stereocenters. The monoisotopic (exact) mass is 594 g/mol. The maximum atomic E-state index is 13.1. The SMILES string of the molecule is O=C(NCCS)c1ccc(C(=O)O)c(C2=c3cc4c5c(c3Oc3c2cc2c6c3CCCN6CCC2)CCC[N+]=5CCC4)c1. The number of nitrogens with zero attached hydrogens (tertiary/aromatic N) is 2. The summed E-state index contributed by atoms with van der Waals surface area (Å²) >= 11 is 4.24. The average Bonchev–Trinajstić information content (AvgIpc) is 3.03. The third kappa shape index (κ3) is 4.20. The van der Waals surface area contributed by atoms with Crippen molar-refractivity contribution in [2.75, 3.05) is 43.4 Å². The van der Waals surface area contributed by atoms with Crippen molar-refractivity contribution < 1.29 is 19.4 Å². The van der Waals surface area contributed by atoms with E-state index in [1.165, 1.54) is 33.3 Å². The van der Waals surface area contributed by atoms with Gasteiger partial charge in [-0.3, -0.25) is 4.79 Å². The number of carboxylic acid groups (broad SMARTS) is 1. The van der Waals surface area contributed by atoms with Gasteiger partial charge in [0.1, 0.15) is 24.6 Å². The number of benzene rings is 3. The number of anilines is 1. The Morgan fingerprint density at radius 1 is 0.907 bits per heavy atom. The predicted octanol–water partition coefficient (Wildman–Crippen LogP) is 3.48. The summed E-state index contributed by atoms with van der Waals surface area (Å²) < 4.78 is 9.61. The summed E-state index contributed by atoms with van der Waals surface area (Å²) in [4.78, 5) is 28.5. The highest BCUT2D eigenvalue weighted by atomic mass is 32.1. The molecule has 0 aliphatic carbocycles. The fourth-order valence-corrected chi connectivity index (χ4v) is 8.27. The Morgan fingerprint density at radius 2 is 1.67 bits per heavy atom. The van der Waals surface area contributed by atoms with Crippen LogP contribution in [0.5, 0.6) is 11.5 Å². The van der Waals surface area contributed by atoms with Crippen LogP contribution in [0.25, 0.3) is 5.57 Å². The molecule has 0 unspecified atom stereocenters. The summed E-state index contributed by atoms with van der Waals surface area (Å²) in [5.74, 6) is 1.04. The zero-order chi connectivity index (χ0) is 29.2. The lowest BCUT2D eigenvalue weighted by atomic mass is 9.81. The fraction of sp³-hybridized carbons (Fsp3) is 0.400. The van der Waals surface area contributed by atoms with Crippen LogP contribution < -0.4 is 30.1 Å². The number of hydrogen-bond donors (Lipinski definition) is 3. The second-order valence-electron chi connectivity index (χ2n) is 12.4. The highest BCUT2D eigenvalue weighted by Crippen LogP contribution is 2.48. The van der Waals surface area contributed by atoms with Crippen molar-refractivity contribution in [2.45, 2.75) is 51.4 Å². The van der Waals surface area contributed by atoms with Gasteiger partial charge in [0.2, 0.25) is 5.36 Å². The molecular weight excluding hydrogens is 558 g/mol. The second-order valence-corrected chi connectivity index (χ2v) is 12.8. The number of carboxylic acids is 1. The van der Waals surface area contributed by atoms with Crippen molar-refractivity contribution >= 4 is 35.8 Å². The molecule has 5 heterocycles. The first-order chi connectivity index (χ1) is 21.0. The van der Waals surface area contributed by atoms with Gasteiger partial charge < -0.3 is 20.1 Å². The summed E-state index contributed by atoms with van der Waals surface area (Å²) in [5, 5.41) is 15.6. The Bertz CT molecular complexity index is 1860. The molecule has 5 aliphatic heterocycles. The van der Waals surface area contributed by atoms with Crippen molar-refractivity contribution in [3.05, 3.63) is 85.4 Å². The molecule has 43 heavy (non-hydrogen) atoms. The maximum Gasteiger partial charge on any atom is 0.336 e. The quantitative estimate of drug-likeness (QED) is 0.244. The van der Waals surface area contributed by atoms with Crippen LogP contribution in [0, 0.1) is 0 Å². The molecule has 3 aromatic rings. The van der Waals surface area contributed by atoms with Gasteiger partial charge in [0.05, 0.1) is 11.1 Å². The number of aromatic carboxylic acids is 1. The Balaban J connectivity index is 1.49. The normalized spacial score (nSPS) is 17.7. The molecular formula is C35H36N3O4S+. The molecule has 0 saturated heterocycles. The molecule has 0 radical (unpaired) electrons. The first-order valence-corrected chi connectivity index (χ1v) is 16.4. The molecule has 2 N–H and O–H groups in total. The summed E-state index contributed by atoms with van der Waals surface area (Å²) in [7, 11) is 0. The molecule has 220 valence electrons. The van der Waals surface area contributed by atoms with Gasteiger partial charge >= 0.3 is 5.97 Å². The Hall–Kier alpha value is -3.78. The highest BCUT2D eigenvalue weighted by Gasteiger charge is 2.36. The van der Waals surface area contributed by atoms with E-state index in [0.717, 1.165) is 105 Å². The number of rotatable bonds is 5. The lowest BCUT2D eigenvalue weighted by Crippen LogP contribution is -2.45. The molecule has 8 heteroatoms. The number of thiol groups is 1. The van der Waals surface area contributed by atoms with Gasteiger partial charge in [-0.1, -0.05) is 0 Å². The third-order valence-corrected chi connectivity index (χ3v) is 10.1. The van der Waals surface area contributed by atoms with Crippen molar-refractivity contribution in [3.63, 3.8) is 0 Å². The van der Waals surface area contributed by atoms with Crippen molar-refractivity contribution in [2.24, 2.45) is 0 Å². The minimum absolute atomic E-state index is 0.195. The number of hydrogen-bond acceptors (Lipinski definition) is 5. The number of carbonyl (C=O) groups is 2. The van der Waals surface area contributed by atoms with Crippen LogP contribution in [0.3, 0.4) is 0 Å². The first kappa shape index (κ1) is 26.8. The van der Waals surface area contributed by atoms with E-state index in [2.05, 4.69) is 39.6 Å². The van der Waals surface area contributed by atoms with Crippen molar-refractivity contribution in [1.82, 2.24) is 9.89 Å². The third-order valence-electron chi connectivity index (χ3n) is 9.87. The van der Waals surface area contributed by atoms with E-state index in [0.29, 0.717) is 23.4 Å². The van der Waals surface area contributed by atoms with Gasteiger partial charge in [0, 0.05) is 77.0 Å². The lowest BCUT2D eigenvalue weighted by molar-refractivity contribution is 0.0696. The molecule has 3 aromatic carbocycles. The van der Waals surface area contributed by atoms with Gasteiger partial charge in [0.15, 0.2) is 0 Å². The zero-order valence-corrected chi connectivity index (χ0v) is 25.2. The van der Waals surface area contributed by atoms with Crippen LogP contribution in [0.4, 0.5) is 5.69 Å². The van der Waals surface area contributed by atoms with E-state index in [1.54, 1.807) is 18.2 Å². The maximum absolute atomic E-state index is 13.1. The minimum Gasteiger partial charge on any atom is -0.478 e. The van der Waals surface area contributed by atoms with E-state index in [-0.39, 0.29) is 11.5 Å². The number of carbonyl (C=O) groups excluding carboxylic acids is 1. The number of fused-ring (bicyclic) bond motifs is 4. The summed E-state index contributed by atoms with van der Waals surface area (Å²) in [5.41, 5.74) is 9.49. The molecule has 1 amide bonds. The molecule has 0 saturated carbocycles. The van der Waals surface area contributed by atoms with Crippen LogP contribution in [0.1, 0.15) is 79.8 Å². The number of ether oxygens (including phenoxy) is 1. The fourth-order valence-electron chi connectivity index (χ4n) is 8.15. The van der Waals surface area contributed by atoms with Crippen LogP contribution in [0.15, 0.2) is 30.3 Å². The molecule has 8 rings (SSSR count). The molecule has 0 aromatic heterocycles. The number of nitrogens with one attached hydrogen (secondary N) is 1. The Labute approximate surface area is 256 Å². The van der Waals surface area contributed by atoms with Gasteiger partial charge in [-0.05, 0) is 80.0 Å². The number of amides is 1. The van der Waals surface area contributed by atoms with Gasteiger partial charge in [-0.2, -0.15) is 12.6 Å². The highest BCUT2D eigenvalue weighted by molar-refractivity contribution is 7.80. The van der Waals surface area contributed by atoms with Crippen LogP contribution >= 0.6 is 12.6 Å². The van der Waals surface area contributed by atoms with E-state index in [1.807, 2.05) is 0 Å². The molecule has 7 nitrogen and oxygen atoms in total. The van der Waals surface area contributed by atoms with Crippen LogP contribution in [0.2, 0.25) is 0 Å². The second kappa shape index (κ2) is 10.4. The van der Waals surface area contributed by atoms with Crippen molar-refractivity contribution in [3.8, 4) is 11.5 Å². The van der Waals surface area contributed by atoms with Gasteiger partial charge in [0.25, 0.3) is 5.91 Å². The minimum atomic E-state index is -1.00. The van der Waals surface area contributed by atoms with Crippen LogP contribution in [-0.4, -0.2) is 55.5 Å². The standard InChI is InChI=1S/C35H35N3O4S/c39-34(36-11-16-43)22-9-10-23(35(40)41)26(19-22)29-27-17-20-5-1-12-37-14-3-7-24(30(20)37)32(27)42-33-25-8-4-15-38-13-2-6-21(31(25)38)18-28(29)33/h9-10,17-19H,1-8,11-16H2,(H2-,36,39,40,41,43)/p+1.